The summed E-state index contributed by atoms with van der Waals surface area (Å²) in [6.07, 6.45) is 1.89. The molecule has 0 aliphatic carbocycles. The lowest BCUT2D eigenvalue weighted by Gasteiger charge is -2.08. The van der Waals surface area contributed by atoms with Crippen molar-refractivity contribution in [1.82, 2.24) is 19.5 Å². The summed E-state index contributed by atoms with van der Waals surface area (Å²) in [5.41, 5.74) is 0.843. The molecule has 0 aliphatic heterocycles. The minimum Gasteiger partial charge on any atom is -0.352 e. The molecule has 0 saturated carbocycles. The van der Waals surface area contributed by atoms with E-state index in [2.05, 4.69) is 36.2 Å². The quantitative estimate of drug-likeness (QED) is 0.923. The van der Waals surface area contributed by atoms with Crippen LogP contribution in [0.1, 0.15) is 0 Å². The zero-order valence-corrected chi connectivity index (χ0v) is 10.9. The zero-order chi connectivity index (χ0) is 11.5. The van der Waals surface area contributed by atoms with Crippen molar-refractivity contribution in [3.8, 4) is 0 Å². The summed E-state index contributed by atoms with van der Waals surface area (Å²) < 4.78 is 2.74. The first-order valence-electron chi connectivity index (χ1n) is 5.06. The van der Waals surface area contributed by atoms with Gasteiger partial charge in [-0.25, -0.2) is 4.52 Å². The van der Waals surface area contributed by atoms with E-state index in [1.54, 1.807) is 4.52 Å². The fourth-order valence-corrected chi connectivity index (χ4v) is 1.65. The van der Waals surface area contributed by atoms with Crippen molar-refractivity contribution >= 4 is 27.5 Å². The number of anilines is 1. The number of hydrogen-bond donors (Lipinski definition) is 1. The molecule has 2 aromatic rings. The topological polar surface area (TPSA) is 45.5 Å². The van der Waals surface area contributed by atoms with E-state index in [1.165, 1.54) is 0 Å². The second-order valence-corrected chi connectivity index (χ2v) is 4.73. The summed E-state index contributed by atoms with van der Waals surface area (Å²) in [7, 11) is 4.08. The second-order valence-electron chi connectivity index (χ2n) is 3.82. The molecule has 2 aromatic heterocycles. The fourth-order valence-electron chi connectivity index (χ4n) is 1.32. The second kappa shape index (κ2) is 4.80. The Balaban J connectivity index is 2.08. The van der Waals surface area contributed by atoms with E-state index in [4.69, 9.17) is 0 Å². The first-order valence-corrected chi connectivity index (χ1v) is 5.85. The summed E-state index contributed by atoms with van der Waals surface area (Å²) in [4.78, 5) is 6.46. The molecule has 0 amide bonds. The van der Waals surface area contributed by atoms with Crippen LogP contribution in [0.25, 0.3) is 5.65 Å². The van der Waals surface area contributed by atoms with Crippen molar-refractivity contribution in [2.24, 2.45) is 0 Å². The van der Waals surface area contributed by atoms with E-state index in [-0.39, 0.29) is 0 Å². The van der Waals surface area contributed by atoms with Crippen molar-refractivity contribution < 1.29 is 0 Å². The number of halogens is 1. The van der Waals surface area contributed by atoms with Gasteiger partial charge in [0.25, 0.3) is 0 Å². The van der Waals surface area contributed by atoms with Gasteiger partial charge in [-0.05, 0) is 42.2 Å². The lowest BCUT2D eigenvalue weighted by Crippen LogP contribution is -2.21. The van der Waals surface area contributed by atoms with Crippen LogP contribution in [0.2, 0.25) is 0 Å². The normalized spacial score (nSPS) is 11.2. The number of aromatic nitrogens is 3. The number of rotatable bonds is 4. The number of hydrogen-bond acceptors (Lipinski definition) is 4. The SMILES string of the molecule is CN(C)CCNc1nc2ccc(Br)cn2n1. The first kappa shape index (κ1) is 11.3. The number of pyridine rings is 1. The molecular weight excluding hydrogens is 270 g/mol. The summed E-state index contributed by atoms with van der Waals surface area (Å²) >= 11 is 3.40. The Bertz CT molecular complexity index is 479. The fraction of sp³-hybridized carbons (Fsp3) is 0.400. The van der Waals surface area contributed by atoms with Gasteiger partial charge in [-0.15, -0.1) is 5.10 Å². The van der Waals surface area contributed by atoms with Gasteiger partial charge in [0.05, 0.1) is 0 Å². The van der Waals surface area contributed by atoms with Gasteiger partial charge in [0, 0.05) is 23.8 Å². The molecule has 86 valence electrons. The van der Waals surface area contributed by atoms with Crippen LogP contribution in [0.4, 0.5) is 5.95 Å². The van der Waals surface area contributed by atoms with Crippen LogP contribution >= 0.6 is 15.9 Å². The van der Waals surface area contributed by atoms with E-state index in [9.17, 15) is 0 Å². The molecule has 5 nitrogen and oxygen atoms in total. The molecule has 16 heavy (non-hydrogen) atoms. The lowest BCUT2D eigenvalue weighted by atomic mass is 10.5. The van der Waals surface area contributed by atoms with Crippen LogP contribution < -0.4 is 5.32 Å². The summed E-state index contributed by atoms with van der Waals surface area (Å²) in [5, 5.41) is 7.50. The highest BCUT2D eigenvalue weighted by atomic mass is 79.9. The van der Waals surface area contributed by atoms with Crippen LogP contribution in [-0.4, -0.2) is 46.7 Å². The van der Waals surface area contributed by atoms with Gasteiger partial charge in [0.15, 0.2) is 5.65 Å². The van der Waals surface area contributed by atoms with Gasteiger partial charge in [-0.1, -0.05) is 0 Å². The maximum Gasteiger partial charge on any atom is 0.243 e. The largest absolute Gasteiger partial charge is 0.352 e. The Morgan fingerprint density at radius 1 is 1.44 bits per heavy atom. The molecular formula is C10H14BrN5. The van der Waals surface area contributed by atoms with Gasteiger partial charge < -0.3 is 10.2 Å². The van der Waals surface area contributed by atoms with E-state index in [1.807, 2.05) is 32.4 Å². The van der Waals surface area contributed by atoms with Crippen molar-refractivity contribution in [2.45, 2.75) is 0 Å². The average molecular weight is 284 g/mol. The van der Waals surface area contributed by atoms with Crippen LogP contribution in [0.3, 0.4) is 0 Å². The number of likely N-dealkylation sites (N-methyl/N-ethyl adjacent to an activating group) is 1. The molecule has 0 radical (unpaired) electrons. The minimum absolute atomic E-state index is 0.667. The maximum atomic E-state index is 4.35. The summed E-state index contributed by atoms with van der Waals surface area (Å²) in [6, 6.07) is 3.88. The molecule has 2 heterocycles. The summed E-state index contributed by atoms with van der Waals surface area (Å²) in [6.45, 7) is 1.80. The third-order valence-electron chi connectivity index (χ3n) is 2.14. The van der Waals surface area contributed by atoms with E-state index < -0.39 is 0 Å². The number of nitrogens with zero attached hydrogens (tertiary/aromatic N) is 4. The van der Waals surface area contributed by atoms with Crippen molar-refractivity contribution in [2.75, 3.05) is 32.5 Å². The van der Waals surface area contributed by atoms with E-state index in [0.717, 1.165) is 23.2 Å². The first-order chi connectivity index (χ1) is 7.65. The van der Waals surface area contributed by atoms with Crippen LogP contribution in [0.5, 0.6) is 0 Å². The van der Waals surface area contributed by atoms with E-state index in [0.29, 0.717) is 5.95 Å². The monoisotopic (exact) mass is 283 g/mol. The Morgan fingerprint density at radius 2 is 2.25 bits per heavy atom. The molecule has 0 saturated heterocycles. The van der Waals surface area contributed by atoms with Crippen molar-refractivity contribution in [3.63, 3.8) is 0 Å². The lowest BCUT2D eigenvalue weighted by molar-refractivity contribution is 0.425. The van der Waals surface area contributed by atoms with E-state index >= 15 is 0 Å². The highest BCUT2D eigenvalue weighted by Gasteiger charge is 2.02. The average Bonchev–Trinajstić information content (AvgIpc) is 2.58. The molecule has 0 unspecified atom stereocenters. The Morgan fingerprint density at radius 3 is 3.00 bits per heavy atom. The zero-order valence-electron chi connectivity index (χ0n) is 9.31. The third kappa shape index (κ3) is 2.70. The molecule has 1 N–H and O–H groups in total. The Labute approximate surface area is 103 Å². The highest BCUT2D eigenvalue weighted by molar-refractivity contribution is 9.10. The predicted octanol–water partition coefficient (Wildman–Crippen LogP) is 1.47. The Hall–Kier alpha value is -1.14. The maximum absolute atomic E-state index is 4.35. The van der Waals surface area contributed by atoms with Gasteiger partial charge in [-0.2, -0.15) is 4.98 Å². The predicted molar refractivity (Wildman–Crippen MR) is 67.7 cm³/mol. The van der Waals surface area contributed by atoms with Crippen molar-refractivity contribution in [1.29, 1.82) is 0 Å². The number of nitrogens with one attached hydrogen (secondary N) is 1. The Kier molecular flexibility index (Phi) is 3.40. The van der Waals surface area contributed by atoms with Crippen LogP contribution in [0.15, 0.2) is 22.8 Å². The van der Waals surface area contributed by atoms with Crippen LogP contribution in [0, 0.1) is 0 Å². The molecule has 2 rings (SSSR count). The third-order valence-corrected chi connectivity index (χ3v) is 2.61. The van der Waals surface area contributed by atoms with Gasteiger partial charge in [0.1, 0.15) is 0 Å². The van der Waals surface area contributed by atoms with Crippen molar-refractivity contribution in [3.05, 3.63) is 22.8 Å². The molecule has 0 fully saturated rings. The highest BCUT2D eigenvalue weighted by Crippen LogP contribution is 2.11. The smallest absolute Gasteiger partial charge is 0.243 e. The van der Waals surface area contributed by atoms with Crippen LogP contribution in [-0.2, 0) is 0 Å². The summed E-state index contributed by atoms with van der Waals surface area (Å²) in [5.74, 6) is 0.667. The molecule has 0 aliphatic rings. The standard InChI is InChI=1S/C10H14BrN5/c1-15(2)6-5-12-10-13-9-4-3-8(11)7-16(9)14-10/h3-4,7H,5-6H2,1-2H3,(H,12,14). The van der Waals surface area contributed by atoms with Gasteiger partial charge >= 0.3 is 0 Å². The van der Waals surface area contributed by atoms with Gasteiger partial charge in [0.2, 0.25) is 5.95 Å². The minimum atomic E-state index is 0.667. The molecule has 6 heteroatoms. The van der Waals surface area contributed by atoms with Gasteiger partial charge in [-0.3, -0.25) is 0 Å². The number of fused-ring (bicyclic) bond motifs is 1. The molecule has 0 bridgehead atoms. The molecule has 0 spiro atoms. The molecule has 0 atom stereocenters. The molecule has 0 aromatic carbocycles.